The summed E-state index contributed by atoms with van der Waals surface area (Å²) < 4.78 is 2.09. The molecule has 0 fully saturated rings. The quantitative estimate of drug-likeness (QED) is 0.748. The molecule has 0 radical (unpaired) electrons. The highest BCUT2D eigenvalue weighted by molar-refractivity contribution is 14.2. The van der Waals surface area contributed by atoms with Crippen molar-refractivity contribution in [3.63, 3.8) is 0 Å². The molecule has 14 heavy (non-hydrogen) atoms. The van der Waals surface area contributed by atoms with Crippen molar-refractivity contribution in [2.24, 2.45) is 0 Å². The Morgan fingerprint density at radius 2 is 1.79 bits per heavy atom. The van der Waals surface area contributed by atoms with Gasteiger partial charge in [-0.2, -0.15) is 0 Å². The van der Waals surface area contributed by atoms with Crippen LogP contribution < -0.4 is 0 Å². The van der Waals surface area contributed by atoms with Crippen LogP contribution in [0, 0.1) is 6.92 Å². The van der Waals surface area contributed by atoms with Gasteiger partial charge in [0.15, 0.2) is 0 Å². The molecule has 0 N–H and O–H groups in total. The zero-order valence-corrected chi connectivity index (χ0v) is 10.7. The highest BCUT2D eigenvalue weighted by atomic mass is 127. The van der Waals surface area contributed by atoms with Gasteiger partial charge in [0, 0.05) is 48.3 Å². The van der Waals surface area contributed by atoms with Crippen molar-refractivity contribution < 1.29 is 0 Å². The molecule has 0 amide bonds. The summed E-state index contributed by atoms with van der Waals surface area (Å²) in [6, 6.07) is 10.7. The molecule has 1 heterocycles. The summed E-state index contributed by atoms with van der Waals surface area (Å²) in [5, 5.41) is 0. The van der Waals surface area contributed by atoms with Gasteiger partial charge in [-0.1, -0.05) is 29.8 Å². The lowest BCUT2D eigenvalue weighted by Gasteiger charge is -1.98. The first kappa shape index (κ1) is 10.1. The molecule has 0 saturated heterocycles. The van der Waals surface area contributed by atoms with Gasteiger partial charge in [-0.25, -0.2) is 0 Å². The van der Waals surface area contributed by atoms with Crippen LogP contribution in [0.2, 0.25) is 0 Å². The Balaban J connectivity index is 2.34. The third kappa shape index (κ3) is 2.15. The van der Waals surface area contributed by atoms with E-state index >= 15 is 0 Å². The molecule has 0 aliphatic carbocycles. The van der Waals surface area contributed by atoms with E-state index in [1.54, 1.807) is 9.12 Å². The van der Waals surface area contributed by atoms with E-state index in [0.29, 0.717) is 0 Å². The Morgan fingerprint density at radius 3 is 2.36 bits per heavy atom. The van der Waals surface area contributed by atoms with E-state index in [2.05, 4.69) is 74.8 Å². The summed E-state index contributed by atoms with van der Waals surface area (Å²) in [4.78, 5) is 0. The lowest BCUT2D eigenvalue weighted by molar-refractivity contribution is 1.31. The summed E-state index contributed by atoms with van der Waals surface area (Å²) in [5.41, 5.74) is 3.85. The first-order valence-corrected chi connectivity index (χ1v) is 7.65. The fraction of sp³-hybridized carbons (Fsp3) is 0.0909. The van der Waals surface area contributed by atoms with Gasteiger partial charge in [-0.3, -0.25) is 3.97 Å². The molecule has 72 valence electrons. The summed E-state index contributed by atoms with van der Waals surface area (Å²) >= 11 is 2.27. The Hall–Kier alpha value is -0.420. The maximum Gasteiger partial charge on any atom is 0.0290 e. The number of aromatic nitrogens is 1. The third-order valence-electron chi connectivity index (χ3n) is 2.13. The molecule has 0 saturated carbocycles. The van der Waals surface area contributed by atoms with E-state index < -0.39 is 0 Å². The Morgan fingerprint density at radius 1 is 1.07 bits per heavy atom. The molecule has 1 aromatic carbocycles. The number of aryl methyl sites for hydroxylation is 1. The van der Waals surface area contributed by atoms with E-state index in [1.165, 1.54) is 16.7 Å². The standard InChI is InChI=1S/C11H10INS/c1-9-2-4-10(5-3-9)11-6-7-13(8-11)14-12/h2-8H,1H3. The van der Waals surface area contributed by atoms with Gasteiger partial charge in [-0.15, -0.1) is 0 Å². The Kier molecular flexibility index (Phi) is 3.18. The van der Waals surface area contributed by atoms with Gasteiger partial charge in [0.2, 0.25) is 0 Å². The first-order chi connectivity index (χ1) is 6.79. The summed E-state index contributed by atoms with van der Waals surface area (Å²) in [5.74, 6) is 0. The SMILES string of the molecule is Cc1ccc(-c2ccn(SI)c2)cc1. The van der Waals surface area contributed by atoms with Gasteiger partial charge < -0.3 is 0 Å². The van der Waals surface area contributed by atoms with Crippen molar-refractivity contribution in [2.75, 3.05) is 0 Å². The highest BCUT2D eigenvalue weighted by Gasteiger charge is 1.99. The predicted molar refractivity (Wildman–Crippen MR) is 71.6 cm³/mol. The number of hydrogen-bond acceptors (Lipinski definition) is 1. The zero-order valence-electron chi connectivity index (χ0n) is 7.77. The van der Waals surface area contributed by atoms with Crippen molar-refractivity contribution in [1.82, 2.24) is 3.97 Å². The van der Waals surface area contributed by atoms with E-state index in [9.17, 15) is 0 Å². The van der Waals surface area contributed by atoms with E-state index in [4.69, 9.17) is 0 Å². The largest absolute Gasteiger partial charge is 0.290 e. The number of rotatable bonds is 2. The van der Waals surface area contributed by atoms with Crippen molar-refractivity contribution in [1.29, 1.82) is 0 Å². The van der Waals surface area contributed by atoms with E-state index in [0.717, 1.165) is 0 Å². The van der Waals surface area contributed by atoms with Gasteiger partial charge in [-0.05, 0) is 18.6 Å². The number of nitrogens with zero attached hydrogens (tertiary/aromatic N) is 1. The van der Waals surface area contributed by atoms with Crippen LogP contribution in [0.25, 0.3) is 11.1 Å². The lowest BCUT2D eigenvalue weighted by Crippen LogP contribution is -1.76. The van der Waals surface area contributed by atoms with Crippen molar-refractivity contribution in [2.45, 2.75) is 6.92 Å². The minimum atomic E-state index is 1.27. The second kappa shape index (κ2) is 4.40. The number of halogens is 1. The monoisotopic (exact) mass is 315 g/mol. The van der Waals surface area contributed by atoms with Crippen LogP contribution >= 0.6 is 30.3 Å². The molecular formula is C11H10INS. The van der Waals surface area contributed by atoms with Crippen LogP contribution in [0.1, 0.15) is 5.56 Å². The first-order valence-electron chi connectivity index (χ1n) is 4.34. The second-order valence-corrected chi connectivity index (χ2v) is 4.94. The summed E-state index contributed by atoms with van der Waals surface area (Å²) in [6.45, 7) is 2.11. The molecule has 0 spiro atoms. The molecule has 0 atom stereocenters. The van der Waals surface area contributed by atoms with Crippen LogP contribution in [0.4, 0.5) is 0 Å². The maximum absolute atomic E-state index is 2.27. The van der Waals surface area contributed by atoms with Crippen LogP contribution in [0.5, 0.6) is 0 Å². The molecule has 1 aromatic heterocycles. The molecule has 0 aliphatic rings. The fourth-order valence-electron chi connectivity index (χ4n) is 1.34. The molecule has 2 rings (SSSR count). The van der Waals surface area contributed by atoms with Gasteiger partial charge in [0.05, 0.1) is 0 Å². The zero-order chi connectivity index (χ0) is 9.97. The second-order valence-electron chi connectivity index (χ2n) is 3.20. The normalized spacial score (nSPS) is 10.4. The number of hydrogen-bond donors (Lipinski definition) is 0. The molecule has 0 aliphatic heterocycles. The molecule has 1 nitrogen and oxygen atoms in total. The Bertz CT molecular complexity index is 419. The lowest BCUT2D eigenvalue weighted by atomic mass is 10.1. The molecule has 3 heteroatoms. The van der Waals surface area contributed by atoms with Gasteiger partial charge in [0.1, 0.15) is 0 Å². The topological polar surface area (TPSA) is 4.93 Å². The maximum atomic E-state index is 2.27. The van der Waals surface area contributed by atoms with Gasteiger partial charge >= 0.3 is 0 Å². The van der Waals surface area contributed by atoms with Gasteiger partial charge in [0.25, 0.3) is 0 Å². The minimum Gasteiger partial charge on any atom is -0.290 e. The minimum absolute atomic E-state index is 1.27. The third-order valence-corrected chi connectivity index (χ3v) is 3.88. The highest BCUT2D eigenvalue weighted by Crippen LogP contribution is 2.24. The molecule has 0 bridgehead atoms. The average Bonchev–Trinajstić information content (AvgIpc) is 2.67. The van der Waals surface area contributed by atoms with Crippen LogP contribution in [-0.4, -0.2) is 3.97 Å². The molecule has 2 aromatic rings. The predicted octanol–water partition coefficient (Wildman–Crippen LogP) is 4.31. The van der Waals surface area contributed by atoms with Crippen molar-refractivity contribution >= 4 is 30.3 Å². The van der Waals surface area contributed by atoms with Crippen LogP contribution in [0.15, 0.2) is 42.7 Å². The smallest absolute Gasteiger partial charge is 0.0290 e. The average molecular weight is 315 g/mol. The van der Waals surface area contributed by atoms with E-state index in [1.807, 2.05) is 0 Å². The van der Waals surface area contributed by atoms with E-state index in [-0.39, 0.29) is 0 Å². The van der Waals surface area contributed by atoms with Crippen LogP contribution in [0.3, 0.4) is 0 Å². The number of benzene rings is 1. The molecule has 0 unspecified atom stereocenters. The summed E-state index contributed by atoms with van der Waals surface area (Å²) in [6.07, 6.45) is 4.22. The molecular weight excluding hydrogens is 305 g/mol. The fourth-order valence-corrected chi connectivity index (χ4v) is 2.33. The van der Waals surface area contributed by atoms with Crippen LogP contribution in [-0.2, 0) is 0 Å². The summed E-state index contributed by atoms with van der Waals surface area (Å²) in [7, 11) is 1.67. The van der Waals surface area contributed by atoms with Crippen molar-refractivity contribution in [3.8, 4) is 11.1 Å². The Labute approximate surface area is 100 Å². The van der Waals surface area contributed by atoms with Crippen molar-refractivity contribution in [3.05, 3.63) is 48.3 Å².